The predicted octanol–water partition coefficient (Wildman–Crippen LogP) is 3.29. The van der Waals surface area contributed by atoms with Crippen molar-refractivity contribution in [3.05, 3.63) is 62.9 Å². The quantitative estimate of drug-likeness (QED) is 0.482. The average molecular weight is 401 g/mol. The van der Waals surface area contributed by atoms with Gasteiger partial charge in [-0.15, -0.1) is 0 Å². The molecule has 1 amide bonds. The number of halogens is 1. The van der Waals surface area contributed by atoms with Gasteiger partial charge in [0.05, 0.1) is 21.7 Å². The molecular formula is C16H9ClN6O3S. The summed E-state index contributed by atoms with van der Waals surface area (Å²) in [5.74, 6) is -0.625. The van der Waals surface area contributed by atoms with Gasteiger partial charge >= 0.3 is 0 Å². The summed E-state index contributed by atoms with van der Waals surface area (Å²) in [7, 11) is 0. The number of aliphatic imine (C=N–C) groups is 1. The number of benzene rings is 1. The van der Waals surface area contributed by atoms with Crippen LogP contribution in [0.2, 0.25) is 5.02 Å². The van der Waals surface area contributed by atoms with Crippen molar-refractivity contribution in [3.8, 4) is 5.69 Å². The van der Waals surface area contributed by atoms with Crippen LogP contribution in [-0.4, -0.2) is 37.0 Å². The number of fused-ring (bicyclic) bond motifs is 1. The molecule has 0 saturated carbocycles. The molecule has 134 valence electrons. The number of nitrogens with zero attached hydrogens (tertiary/aromatic N) is 5. The molecule has 9 nitrogen and oxygen atoms in total. The van der Waals surface area contributed by atoms with Crippen molar-refractivity contribution in [3.63, 3.8) is 0 Å². The first-order valence-electron chi connectivity index (χ1n) is 7.50. The van der Waals surface area contributed by atoms with Crippen LogP contribution >= 0.6 is 23.4 Å². The van der Waals surface area contributed by atoms with Crippen LogP contribution < -0.4 is 0 Å². The highest BCUT2D eigenvalue weighted by Crippen LogP contribution is 2.29. The maximum atomic E-state index is 12.3. The van der Waals surface area contributed by atoms with E-state index in [2.05, 4.69) is 10.1 Å². The summed E-state index contributed by atoms with van der Waals surface area (Å²) in [5, 5.41) is 25.0. The number of hydrogen-bond acceptors (Lipinski definition) is 6. The van der Waals surface area contributed by atoms with Gasteiger partial charge in [-0.1, -0.05) is 11.6 Å². The number of hydrazone groups is 1. The second-order valence-electron chi connectivity index (χ2n) is 5.45. The van der Waals surface area contributed by atoms with Crippen molar-refractivity contribution >= 4 is 57.6 Å². The van der Waals surface area contributed by atoms with Gasteiger partial charge in [0.15, 0.2) is 11.0 Å². The van der Waals surface area contributed by atoms with E-state index in [1.165, 1.54) is 28.8 Å². The summed E-state index contributed by atoms with van der Waals surface area (Å²) < 4.78 is 1.65. The van der Waals surface area contributed by atoms with Crippen LogP contribution in [0.25, 0.3) is 11.8 Å². The van der Waals surface area contributed by atoms with Gasteiger partial charge in [-0.25, -0.2) is 0 Å². The van der Waals surface area contributed by atoms with Crippen LogP contribution in [0, 0.1) is 15.5 Å². The summed E-state index contributed by atoms with van der Waals surface area (Å²) in [5.41, 5.74) is 2.40. The van der Waals surface area contributed by atoms with Gasteiger partial charge < -0.3 is 4.57 Å². The number of nitrogens with one attached hydrogen (secondary N) is 1. The Labute approximate surface area is 161 Å². The molecule has 1 aromatic carbocycles. The fourth-order valence-corrected chi connectivity index (χ4v) is 3.42. The van der Waals surface area contributed by atoms with Gasteiger partial charge in [-0.3, -0.25) is 20.3 Å². The zero-order chi connectivity index (χ0) is 19.1. The van der Waals surface area contributed by atoms with Gasteiger partial charge in [0.2, 0.25) is 0 Å². The summed E-state index contributed by atoms with van der Waals surface area (Å²) >= 11 is 7.03. The molecule has 11 heteroatoms. The summed E-state index contributed by atoms with van der Waals surface area (Å²) in [4.78, 5) is 26.8. The molecule has 0 radical (unpaired) electrons. The van der Waals surface area contributed by atoms with Crippen molar-refractivity contribution in [1.82, 2.24) is 9.58 Å². The standard InChI is InChI=1S/C16H9ClN6O3S/c17-12-4-3-10(7-13(12)23(25)26)21-5-1-2-9(21)6-11-14(18)22-16(20-15(11)24)27-8-19-22/h1-8,18H/b11-6+,18-14?. The molecule has 1 aromatic heterocycles. The molecule has 2 aliphatic heterocycles. The maximum absolute atomic E-state index is 12.3. The van der Waals surface area contributed by atoms with Gasteiger partial charge in [0, 0.05) is 18.0 Å². The van der Waals surface area contributed by atoms with Crippen molar-refractivity contribution in [2.45, 2.75) is 0 Å². The molecule has 0 atom stereocenters. The van der Waals surface area contributed by atoms with E-state index in [0.717, 1.165) is 11.8 Å². The first kappa shape index (κ1) is 17.2. The van der Waals surface area contributed by atoms with Crippen LogP contribution in [0.4, 0.5) is 5.69 Å². The number of carbonyl (C=O) groups is 1. The molecule has 27 heavy (non-hydrogen) atoms. The largest absolute Gasteiger partial charge is 0.317 e. The SMILES string of the molecule is N=C1/C(=C\c2cccn2-c2ccc(Cl)c([N+](=O)[O-])c2)C(=O)N=C2SC=NN12. The minimum atomic E-state index is -0.562. The second kappa shape index (κ2) is 6.49. The highest BCUT2D eigenvalue weighted by atomic mass is 35.5. The lowest BCUT2D eigenvalue weighted by Gasteiger charge is -2.20. The summed E-state index contributed by atoms with van der Waals surface area (Å²) in [6.45, 7) is 0. The molecule has 0 fully saturated rings. The lowest BCUT2D eigenvalue weighted by molar-refractivity contribution is -0.384. The number of amidine groups is 2. The normalized spacial score (nSPS) is 17.4. The van der Waals surface area contributed by atoms with Gasteiger partial charge in [0.25, 0.3) is 11.6 Å². The lowest BCUT2D eigenvalue weighted by Crippen LogP contribution is -2.35. The Balaban J connectivity index is 1.77. The molecule has 0 spiro atoms. The first-order chi connectivity index (χ1) is 13.0. The highest BCUT2D eigenvalue weighted by Gasteiger charge is 2.32. The average Bonchev–Trinajstić information content (AvgIpc) is 3.28. The van der Waals surface area contributed by atoms with E-state index in [-0.39, 0.29) is 22.1 Å². The van der Waals surface area contributed by atoms with E-state index < -0.39 is 10.8 Å². The third-order valence-corrected chi connectivity index (χ3v) is 4.87. The van der Waals surface area contributed by atoms with Crippen molar-refractivity contribution < 1.29 is 9.72 Å². The second-order valence-corrected chi connectivity index (χ2v) is 6.67. The van der Waals surface area contributed by atoms with E-state index in [4.69, 9.17) is 17.0 Å². The third kappa shape index (κ3) is 2.94. The van der Waals surface area contributed by atoms with Crippen LogP contribution in [0.15, 0.2) is 52.2 Å². The van der Waals surface area contributed by atoms with Crippen LogP contribution in [0.1, 0.15) is 5.69 Å². The zero-order valence-electron chi connectivity index (χ0n) is 13.4. The molecule has 0 saturated heterocycles. The number of hydrogen-bond donors (Lipinski definition) is 1. The topological polar surface area (TPSA) is 117 Å². The number of thioether (sulfide) groups is 1. The Morgan fingerprint density at radius 3 is 2.93 bits per heavy atom. The smallest absolute Gasteiger partial charge is 0.289 e. The van der Waals surface area contributed by atoms with E-state index in [1.54, 1.807) is 29.0 Å². The molecule has 4 rings (SSSR count). The number of aromatic nitrogens is 1. The van der Waals surface area contributed by atoms with Crippen LogP contribution in [0.5, 0.6) is 0 Å². The van der Waals surface area contributed by atoms with E-state index in [9.17, 15) is 14.9 Å². The van der Waals surface area contributed by atoms with E-state index in [0.29, 0.717) is 16.5 Å². The molecule has 2 aromatic rings. The Kier molecular flexibility index (Phi) is 4.13. The third-order valence-electron chi connectivity index (χ3n) is 3.87. The number of amides is 1. The Morgan fingerprint density at radius 1 is 1.33 bits per heavy atom. The fourth-order valence-electron chi connectivity index (χ4n) is 2.62. The van der Waals surface area contributed by atoms with E-state index >= 15 is 0 Å². The number of nitro groups is 1. The molecule has 3 heterocycles. The van der Waals surface area contributed by atoms with Crippen molar-refractivity contribution in [2.75, 3.05) is 0 Å². The number of nitro benzene ring substituents is 1. The molecule has 0 aliphatic carbocycles. The molecule has 0 unspecified atom stereocenters. The lowest BCUT2D eigenvalue weighted by atomic mass is 10.1. The minimum Gasteiger partial charge on any atom is -0.317 e. The van der Waals surface area contributed by atoms with E-state index in [1.807, 2.05) is 0 Å². The highest BCUT2D eigenvalue weighted by molar-refractivity contribution is 8.25. The van der Waals surface area contributed by atoms with Crippen LogP contribution in [-0.2, 0) is 4.79 Å². The molecule has 2 aliphatic rings. The minimum absolute atomic E-state index is 0.0336. The first-order valence-corrected chi connectivity index (χ1v) is 8.76. The molecule has 0 bridgehead atoms. The monoisotopic (exact) mass is 400 g/mol. The number of carbonyl (C=O) groups excluding carboxylic acids is 1. The van der Waals surface area contributed by atoms with Crippen molar-refractivity contribution in [2.24, 2.45) is 10.1 Å². The Hall–Kier alpha value is -3.24. The fraction of sp³-hybridized carbons (Fsp3) is 0. The molecule has 1 N–H and O–H groups in total. The summed E-state index contributed by atoms with van der Waals surface area (Å²) in [6.07, 6.45) is 3.19. The van der Waals surface area contributed by atoms with Crippen molar-refractivity contribution in [1.29, 1.82) is 5.41 Å². The summed E-state index contributed by atoms with van der Waals surface area (Å²) in [6, 6.07) is 7.85. The van der Waals surface area contributed by atoms with Crippen LogP contribution in [0.3, 0.4) is 0 Å². The maximum Gasteiger partial charge on any atom is 0.289 e. The Bertz CT molecular complexity index is 1100. The van der Waals surface area contributed by atoms with Gasteiger partial charge in [-0.05, 0) is 42.1 Å². The predicted molar refractivity (Wildman–Crippen MR) is 104 cm³/mol. The molecular weight excluding hydrogens is 392 g/mol. The van der Waals surface area contributed by atoms with Gasteiger partial charge in [-0.2, -0.15) is 15.1 Å². The number of rotatable bonds is 3. The zero-order valence-corrected chi connectivity index (χ0v) is 14.9. The van der Waals surface area contributed by atoms with Gasteiger partial charge in [0.1, 0.15) is 5.02 Å². The Morgan fingerprint density at radius 2 is 2.15 bits per heavy atom.